The molecule has 8 aromatic rings. The molecule has 0 aromatic heterocycles. The standard InChI is InChI=1S/C51H36O8S/c1-32-9-12-35(13-10-32)49(52)37-18-22-41(23-19-37)58-43-26-28-46-39(30-43)5-4-8-48(46)59-42-24-20-38(21-25-42)50(53)36-16-14-34(15-17-36)45-27-11-33(2)29-47(45)51(54)40-6-3-7-44(31-40)60(55,56)57/h3-31H,1-2H3,(H,55,56,57). The molecule has 0 aliphatic heterocycles. The lowest BCUT2D eigenvalue weighted by Crippen LogP contribution is -2.07. The SMILES string of the molecule is Cc1ccc(C(=O)c2ccc(Oc3ccc4c(Oc5ccc(C(=O)c6ccc(-c7ccc(C)cc7C(=O)c7cccc(S(=O)(=O)O)c7)cc6)cc5)cccc4c3)cc2)cc1. The molecule has 1 N–H and O–H groups in total. The fraction of sp³-hybridized carbons (Fsp3) is 0.0392. The summed E-state index contributed by atoms with van der Waals surface area (Å²) in [7, 11) is -4.49. The van der Waals surface area contributed by atoms with Gasteiger partial charge in [0, 0.05) is 38.8 Å². The first-order valence-electron chi connectivity index (χ1n) is 19.0. The minimum absolute atomic E-state index is 0.0499. The van der Waals surface area contributed by atoms with Gasteiger partial charge in [-0.1, -0.05) is 96.1 Å². The van der Waals surface area contributed by atoms with Crippen molar-refractivity contribution >= 4 is 38.2 Å². The molecule has 0 fully saturated rings. The van der Waals surface area contributed by atoms with Gasteiger partial charge in [-0.3, -0.25) is 18.9 Å². The van der Waals surface area contributed by atoms with Gasteiger partial charge >= 0.3 is 0 Å². The maximum atomic E-state index is 13.6. The second-order valence-corrected chi connectivity index (χ2v) is 15.8. The third-order valence-electron chi connectivity index (χ3n) is 10.1. The van der Waals surface area contributed by atoms with Crippen LogP contribution in [0.15, 0.2) is 181 Å². The quantitative estimate of drug-likeness (QED) is 0.0955. The van der Waals surface area contributed by atoms with Gasteiger partial charge in [0.2, 0.25) is 0 Å². The molecule has 8 rings (SSSR count). The van der Waals surface area contributed by atoms with Crippen LogP contribution < -0.4 is 9.47 Å². The second-order valence-electron chi connectivity index (χ2n) is 14.4. The Morgan fingerprint density at radius 1 is 0.467 bits per heavy atom. The highest BCUT2D eigenvalue weighted by Gasteiger charge is 2.19. The zero-order chi connectivity index (χ0) is 42.0. The third-order valence-corrected chi connectivity index (χ3v) is 10.9. The Kier molecular flexibility index (Phi) is 10.8. The zero-order valence-corrected chi connectivity index (χ0v) is 33.3. The molecule has 0 bridgehead atoms. The number of carbonyl (C=O) groups is 3. The highest BCUT2D eigenvalue weighted by atomic mass is 32.2. The Bertz CT molecular complexity index is 3040. The van der Waals surface area contributed by atoms with Gasteiger partial charge in [-0.25, -0.2) is 0 Å². The molecule has 0 atom stereocenters. The summed E-state index contributed by atoms with van der Waals surface area (Å²) >= 11 is 0. The summed E-state index contributed by atoms with van der Waals surface area (Å²) in [6, 6.07) is 50.5. The van der Waals surface area contributed by atoms with E-state index in [0.717, 1.165) is 28.0 Å². The van der Waals surface area contributed by atoms with Gasteiger partial charge in [-0.2, -0.15) is 8.42 Å². The summed E-state index contributed by atoms with van der Waals surface area (Å²) < 4.78 is 45.3. The molecule has 0 saturated carbocycles. The van der Waals surface area contributed by atoms with Crippen molar-refractivity contribution in [2.24, 2.45) is 0 Å². The molecule has 0 aliphatic rings. The molecule has 9 heteroatoms. The molecule has 0 radical (unpaired) electrons. The van der Waals surface area contributed by atoms with Crippen molar-refractivity contribution in [1.29, 1.82) is 0 Å². The first kappa shape index (κ1) is 39.4. The van der Waals surface area contributed by atoms with E-state index in [1.807, 2.05) is 86.6 Å². The minimum Gasteiger partial charge on any atom is -0.457 e. The smallest absolute Gasteiger partial charge is 0.294 e. The topological polar surface area (TPSA) is 124 Å². The molecule has 0 heterocycles. The fourth-order valence-corrected chi connectivity index (χ4v) is 7.41. The molecule has 60 heavy (non-hydrogen) atoms. The van der Waals surface area contributed by atoms with Crippen LogP contribution in [0.25, 0.3) is 21.9 Å². The van der Waals surface area contributed by atoms with E-state index in [2.05, 4.69) is 0 Å². The number of benzene rings is 8. The maximum absolute atomic E-state index is 13.6. The Morgan fingerprint density at radius 2 is 1.00 bits per heavy atom. The number of hydrogen-bond donors (Lipinski definition) is 1. The molecular formula is C51H36O8S. The first-order valence-corrected chi connectivity index (χ1v) is 20.4. The van der Waals surface area contributed by atoms with Crippen LogP contribution >= 0.6 is 0 Å². The summed E-state index contributed by atoms with van der Waals surface area (Å²) in [5.41, 5.74) is 5.83. The van der Waals surface area contributed by atoms with Crippen LogP contribution in [-0.2, 0) is 10.1 Å². The monoisotopic (exact) mass is 808 g/mol. The molecule has 0 spiro atoms. The molecule has 0 saturated heterocycles. The van der Waals surface area contributed by atoms with Crippen LogP contribution in [0.5, 0.6) is 23.0 Å². The first-order chi connectivity index (χ1) is 28.9. The Balaban J connectivity index is 0.937. The average molecular weight is 809 g/mol. The van der Waals surface area contributed by atoms with Crippen LogP contribution in [0.1, 0.15) is 58.9 Å². The normalized spacial score (nSPS) is 11.2. The third kappa shape index (κ3) is 8.54. The number of aryl methyl sites for hydroxylation is 2. The number of carbonyl (C=O) groups excluding carboxylic acids is 3. The van der Waals surface area contributed by atoms with Crippen molar-refractivity contribution in [3.8, 4) is 34.1 Å². The predicted molar refractivity (Wildman–Crippen MR) is 231 cm³/mol. The van der Waals surface area contributed by atoms with Gasteiger partial charge in [0.05, 0.1) is 4.90 Å². The second kappa shape index (κ2) is 16.4. The summed E-state index contributed by atoms with van der Waals surface area (Å²) in [6.45, 7) is 3.83. The predicted octanol–water partition coefficient (Wildman–Crippen LogP) is 11.6. The van der Waals surface area contributed by atoms with Crippen molar-refractivity contribution in [1.82, 2.24) is 0 Å². The van der Waals surface area contributed by atoms with Crippen LogP contribution in [0.4, 0.5) is 0 Å². The van der Waals surface area contributed by atoms with E-state index in [0.29, 0.717) is 61.9 Å². The molecule has 0 unspecified atom stereocenters. The summed E-state index contributed by atoms with van der Waals surface area (Å²) in [5.74, 6) is 1.76. The Hall–Kier alpha value is -7.46. The molecule has 294 valence electrons. The van der Waals surface area contributed by atoms with E-state index in [4.69, 9.17) is 9.47 Å². The lowest BCUT2D eigenvalue weighted by molar-refractivity contribution is 0.103. The molecule has 0 amide bonds. The Morgan fingerprint density at radius 3 is 1.62 bits per heavy atom. The van der Waals surface area contributed by atoms with Crippen molar-refractivity contribution < 1.29 is 36.8 Å². The van der Waals surface area contributed by atoms with E-state index in [1.165, 1.54) is 18.2 Å². The highest BCUT2D eigenvalue weighted by molar-refractivity contribution is 7.85. The highest BCUT2D eigenvalue weighted by Crippen LogP contribution is 2.34. The van der Waals surface area contributed by atoms with Gasteiger partial charge in [-0.05, 0) is 121 Å². The van der Waals surface area contributed by atoms with Crippen LogP contribution in [0.2, 0.25) is 0 Å². The number of ether oxygens (including phenoxy) is 2. The number of ketones is 3. The van der Waals surface area contributed by atoms with Gasteiger partial charge < -0.3 is 9.47 Å². The summed E-state index contributed by atoms with van der Waals surface area (Å²) in [5, 5.41) is 1.77. The van der Waals surface area contributed by atoms with Crippen LogP contribution in [-0.4, -0.2) is 30.3 Å². The van der Waals surface area contributed by atoms with E-state index >= 15 is 0 Å². The number of hydrogen-bond acceptors (Lipinski definition) is 7. The van der Waals surface area contributed by atoms with E-state index in [1.54, 1.807) is 78.9 Å². The lowest BCUT2D eigenvalue weighted by atomic mass is 9.91. The zero-order valence-electron chi connectivity index (χ0n) is 32.5. The van der Waals surface area contributed by atoms with Crippen molar-refractivity contribution in [2.75, 3.05) is 0 Å². The molecule has 0 aliphatic carbocycles. The van der Waals surface area contributed by atoms with Crippen LogP contribution in [0, 0.1) is 13.8 Å². The van der Waals surface area contributed by atoms with Crippen molar-refractivity contribution in [2.45, 2.75) is 18.7 Å². The van der Waals surface area contributed by atoms with E-state index in [-0.39, 0.29) is 22.0 Å². The largest absolute Gasteiger partial charge is 0.457 e. The summed E-state index contributed by atoms with van der Waals surface area (Å²) in [4.78, 5) is 39.7. The van der Waals surface area contributed by atoms with E-state index < -0.39 is 15.9 Å². The lowest BCUT2D eigenvalue weighted by Gasteiger charge is -2.12. The van der Waals surface area contributed by atoms with Gasteiger partial charge in [0.1, 0.15) is 23.0 Å². The Labute approximate surface area is 347 Å². The van der Waals surface area contributed by atoms with Gasteiger partial charge in [0.25, 0.3) is 10.1 Å². The van der Waals surface area contributed by atoms with Gasteiger partial charge in [0.15, 0.2) is 17.3 Å². The minimum atomic E-state index is -4.49. The molecular weight excluding hydrogens is 773 g/mol. The van der Waals surface area contributed by atoms with Crippen molar-refractivity contribution in [3.63, 3.8) is 0 Å². The van der Waals surface area contributed by atoms with Gasteiger partial charge in [-0.15, -0.1) is 0 Å². The van der Waals surface area contributed by atoms with E-state index in [9.17, 15) is 27.4 Å². The average Bonchev–Trinajstić information content (AvgIpc) is 3.26. The van der Waals surface area contributed by atoms with Crippen molar-refractivity contribution in [3.05, 3.63) is 220 Å². The van der Waals surface area contributed by atoms with Crippen LogP contribution in [0.3, 0.4) is 0 Å². The molecule has 8 nitrogen and oxygen atoms in total. The number of rotatable bonds is 12. The maximum Gasteiger partial charge on any atom is 0.294 e. The molecule has 8 aromatic carbocycles. The number of fused-ring (bicyclic) bond motifs is 1. The summed E-state index contributed by atoms with van der Waals surface area (Å²) in [6.07, 6.45) is 0. The fourth-order valence-electron chi connectivity index (χ4n) is 6.89.